The quantitative estimate of drug-likeness (QED) is 0.904. The predicted octanol–water partition coefficient (Wildman–Crippen LogP) is 2.82. The summed E-state index contributed by atoms with van der Waals surface area (Å²) in [5.74, 6) is -0.555. The van der Waals surface area contributed by atoms with Crippen molar-refractivity contribution >= 4 is 9.84 Å². The molecule has 2 atom stereocenters. The molecule has 0 radical (unpaired) electrons. The van der Waals surface area contributed by atoms with E-state index in [1.807, 2.05) is 0 Å². The number of benzene rings is 2. The molecule has 0 fully saturated rings. The van der Waals surface area contributed by atoms with Crippen LogP contribution in [0.3, 0.4) is 0 Å². The normalized spacial score (nSPS) is 19.3. The molecule has 0 saturated carbocycles. The molecule has 3 rings (SSSR count). The molecule has 2 aromatic carbocycles. The molecule has 0 saturated heterocycles. The molecular formula is C17H13F2NO4S. The summed E-state index contributed by atoms with van der Waals surface area (Å²) in [5, 5.41) is 18.9. The number of aliphatic hydroxyl groups is 1. The lowest BCUT2D eigenvalue weighted by atomic mass is 10.1. The maximum atomic E-state index is 14.0. The molecular weight excluding hydrogens is 352 g/mol. The SMILES string of the molecule is CS(=O)(=O)c1ccc(Oc2cc(F)cc(C#N)c2)c2c1[C@H](O)C(F)C2. The summed E-state index contributed by atoms with van der Waals surface area (Å²) < 4.78 is 56.8. The van der Waals surface area contributed by atoms with Crippen molar-refractivity contribution in [2.24, 2.45) is 0 Å². The third kappa shape index (κ3) is 3.21. The summed E-state index contributed by atoms with van der Waals surface area (Å²) in [6, 6.07) is 7.73. The topological polar surface area (TPSA) is 87.4 Å². The number of fused-ring (bicyclic) bond motifs is 1. The van der Waals surface area contributed by atoms with Crippen LogP contribution in [0.25, 0.3) is 0 Å². The largest absolute Gasteiger partial charge is 0.457 e. The van der Waals surface area contributed by atoms with Gasteiger partial charge in [0, 0.05) is 29.9 Å². The minimum atomic E-state index is -3.68. The van der Waals surface area contributed by atoms with Crippen LogP contribution in [0.15, 0.2) is 35.2 Å². The molecule has 2 aromatic rings. The number of hydrogen-bond donors (Lipinski definition) is 1. The number of rotatable bonds is 3. The molecule has 0 aromatic heterocycles. The van der Waals surface area contributed by atoms with Crippen molar-refractivity contribution in [1.82, 2.24) is 0 Å². The smallest absolute Gasteiger partial charge is 0.175 e. The van der Waals surface area contributed by atoms with Crippen molar-refractivity contribution < 1.29 is 27.0 Å². The van der Waals surface area contributed by atoms with Gasteiger partial charge in [-0.05, 0) is 24.3 Å². The number of nitrogens with zero attached hydrogens (tertiary/aromatic N) is 1. The van der Waals surface area contributed by atoms with Crippen LogP contribution in [-0.2, 0) is 16.3 Å². The maximum Gasteiger partial charge on any atom is 0.175 e. The fraction of sp³-hybridized carbons (Fsp3) is 0.235. The third-order valence-corrected chi connectivity index (χ3v) is 5.09. The number of halogens is 2. The molecule has 5 nitrogen and oxygen atoms in total. The molecule has 0 spiro atoms. The molecule has 0 amide bonds. The minimum Gasteiger partial charge on any atom is -0.457 e. The molecule has 1 aliphatic carbocycles. The van der Waals surface area contributed by atoms with E-state index in [1.54, 1.807) is 6.07 Å². The van der Waals surface area contributed by atoms with Crippen molar-refractivity contribution in [2.45, 2.75) is 23.6 Å². The number of hydrogen-bond acceptors (Lipinski definition) is 5. The van der Waals surface area contributed by atoms with Crippen molar-refractivity contribution in [2.75, 3.05) is 6.26 Å². The molecule has 0 heterocycles. The highest BCUT2D eigenvalue weighted by Crippen LogP contribution is 2.43. The fourth-order valence-corrected chi connectivity index (χ4v) is 3.84. The second-order valence-electron chi connectivity index (χ2n) is 5.78. The second kappa shape index (κ2) is 6.10. The van der Waals surface area contributed by atoms with E-state index in [1.165, 1.54) is 18.2 Å². The Morgan fingerprint density at radius 3 is 2.68 bits per heavy atom. The van der Waals surface area contributed by atoms with Crippen LogP contribution < -0.4 is 4.74 Å². The third-order valence-electron chi connectivity index (χ3n) is 3.94. The van der Waals surface area contributed by atoms with E-state index in [0.717, 1.165) is 18.4 Å². The van der Waals surface area contributed by atoms with Crippen molar-refractivity contribution in [3.8, 4) is 17.6 Å². The van der Waals surface area contributed by atoms with Gasteiger partial charge < -0.3 is 9.84 Å². The highest BCUT2D eigenvalue weighted by molar-refractivity contribution is 7.90. The average molecular weight is 365 g/mol. The predicted molar refractivity (Wildman–Crippen MR) is 84.3 cm³/mol. The summed E-state index contributed by atoms with van der Waals surface area (Å²) in [6.45, 7) is 0. The number of aliphatic hydroxyl groups excluding tert-OH is 1. The molecule has 8 heteroatoms. The highest BCUT2D eigenvalue weighted by atomic mass is 32.2. The first-order chi connectivity index (χ1) is 11.7. The number of nitriles is 1. The van der Waals surface area contributed by atoms with E-state index in [0.29, 0.717) is 0 Å². The van der Waals surface area contributed by atoms with Gasteiger partial charge in [-0.25, -0.2) is 17.2 Å². The van der Waals surface area contributed by atoms with E-state index in [4.69, 9.17) is 10.00 Å². The minimum absolute atomic E-state index is 0.0163. The summed E-state index contributed by atoms with van der Waals surface area (Å²) in [4.78, 5) is -0.167. The van der Waals surface area contributed by atoms with Crippen molar-refractivity contribution in [1.29, 1.82) is 5.26 Å². The Kier molecular flexibility index (Phi) is 4.22. The summed E-state index contributed by atoms with van der Waals surface area (Å²) in [5.41, 5.74) is 0.220. The number of alkyl halides is 1. The summed E-state index contributed by atoms with van der Waals surface area (Å²) >= 11 is 0. The van der Waals surface area contributed by atoms with Gasteiger partial charge >= 0.3 is 0 Å². The molecule has 25 heavy (non-hydrogen) atoms. The van der Waals surface area contributed by atoms with Gasteiger partial charge in [0.05, 0.1) is 16.5 Å². The lowest BCUT2D eigenvalue weighted by molar-refractivity contribution is 0.0907. The lowest BCUT2D eigenvalue weighted by Gasteiger charge is -2.14. The first kappa shape index (κ1) is 17.3. The average Bonchev–Trinajstić information content (AvgIpc) is 2.82. The van der Waals surface area contributed by atoms with Crippen LogP contribution in [0.2, 0.25) is 0 Å². The Balaban J connectivity index is 2.11. The van der Waals surface area contributed by atoms with Crippen LogP contribution in [-0.4, -0.2) is 26.0 Å². The molecule has 1 N–H and O–H groups in total. The first-order valence-corrected chi connectivity index (χ1v) is 9.16. The Morgan fingerprint density at radius 2 is 2.04 bits per heavy atom. The van der Waals surface area contributed by atoms with Crippen LogP contribution in [0.1, 0.15) is 22.8 Å². The Labute approximate surface area is 143 Å². The van der Waals surface area contributed by atoms with E-state index < -0.39 is 27.9 Å². The van der Waals surface area contributed by atoms with Gasteiger partial charge in [-0.3, -0.25) is 0 Å². The molecule has 0 aliphatic heterocycles. The van der Waals surface area contributed by atoms with E-state index in [-0.39, 0.29) is 39.5 Å². The van der Waals surface area contributed by atoms with Crippen LogP contribution in [0.5, 0.6) is 11.5 Å². The second-order valence-corrected chi connectivity index (χ2v) is 7.76. The zero-order valence-electron chi connectivity index (χ0n) is 13.0. The Hall–Kier alpha value is -2.50. The van der Waals surface area contributed by atoms with Gasteiger partial charge in [-0.1, -0.05) is 0 Å². The standard InChI is InChI=1S/C17H13F2NO4S/c1-25(22,23)15-3-2-14(12-7-13(19)17(21)16(12)15)24-11-5-9(8-20)4-10(18)6-11/h2-6,13,17,21H,7H2,1H3/t13?,17-/m1/s1. The molecule has 0 bridgehead atoms. The van der Waals surface area contributed by atoms with Crippen LogP contribution in [0, 0.1) is 17.1 Å². The van der Waals surface area contributed by atoms with Gasteiger partial charge in [-0.2, -0.15) is 5.26 Å². The number of ether oxygens (including phenoxy) is 1. The number of sulfone groups is 1. The zero-order chi connectivity index (χ0) is 18.4. The molecule has 1 aliphatic rings. The van der Waals surface area contributed by atoms with E-state index >= 15 is 0 Å². The molecule has 130 valence electrons. The summed E-state index contributed by atoms with van der Waals surface area (Å²) in [6.07, 6.45) is -2.50. The van der Waals surface area contributed by atoms with Gasteiger partial charge in [0.1, 0.15) is 29.6 Å². The van der Waals surface area contributed by atoms with Crippen molar-refractivity contribution in [3.63, 3.8) is 0 Å². The Morgan fingerprint density at radius 1 is 1.32 bits per heavy atom. The van der Waals surface area contributed by atoms with E-state index in [9.17, 15) is 22.3 Å². The maximum absolute atomic E-state index is 14.0. The molecule has 1 unspecified atom stereocenters. The highest BCUT2D eigenvalue weighted by Gasteiger charge is 2.37. The first-order valence-electron chi connectivity index (χ1n) is 7.27. The van der Waals surface area contributed by atoms with E-state index in [2.05, 4.69) is 0 Å². The van der Waals surface area contributed by atoms with Crippen LogP contribution in [0.4, 0.5) is 8.78 Å². The van der Waals surface area contributed by atoms with Gasteiger partial charge in [0.15, 0.2) is 9.84 Å². The van der Waals surface area contributed by atoms with Crippen LogP contribution >= 0.6 is 0 Å². The van der Waals surface area contributed by atoms with Gasteiger partial charge in [0.25, 0.3) is 0 Å². The fourth-order valence-electron chi connectivity index (χ4n) is 2.88. The monoisotopic (exact) mass is 365 g/mol. The van der Waals surface area contributed by atoms with Gasteiger partial charge in [-0.15, -0.1) is 0 Å². The van der Waals surface area contributed by atoms with Crippen molar-refractivity contribution in [3.05, 3.63) is 52.8 Å². The lowest BCUT2D eigenvalue weighted by Crippen LogP contribution is -2.10. The van der Waals surface area contributed by atoms with Gasteiger partial charge in [0.2, 0.25) is 0 Å². The zero-order valence-corrected chi connectivity index (χ0v) is 13.8. The Bertz CT molecular complexity index is 998. The summed E-state index contributed by atoms with van der Waals surface area (Å²) in [7, 11) is -3.68.